The average Bonchev–Trinajstić information content (AvgIpc) is 3.49. The summed E-state index contributed by atoms with van der Waals surface area (Å²) < 4.78 is 10.7. The third kappa shape index (κ3) is 67.2. The zero-order valence-electron chi connectivity index (χ0n) is 52.4. The van der Waals surface area contributed by atoms with E-state index in [0.717, 1.165) is 135 Å². The van der Waals surface area contributed by atoms with E-state index in [9.17, 15) is 14.7 Å². The molecule has 0 spiro atoms. The molecule has 0 saturated heterocycles. The lowest BCUT2D eigenvalue weighted by Crippen LogP contribution is -2.28. The van der Waals surface area contributed by atoms with E-state index in [1.807, 2.05) is 0 Å². The number of aliphatic hydroxyl groups is 1. The Bertz CT molecular complexity index is 1900. The number of esters is 2. The number of unbranched alkanes of at least 4 members (excludes halogenated alkanes) is 18. The maximum absolute atomic E-state index is 12.3. The number of aliphatic hydroxyl groups excluding tert-OH is 1. The molecule has 458 valence electrons. The minimum atomic E-state index is -0.811. The maximum Gasteiger partial charge on any atom is 0.306 e. The second-order valence-electron chi connectivity index (χ2n) is 21.1. The van der Waals surface area contributed by atoms with Crippen molar-refractivity contribution in [1.29, 1.82) is 0 Å². The van der Waals surface area contributed by atoms with Crippen LogP contribution in [0.2, 0.25) is 0 Å². The Morgan fingerprint density at radius 3 is 0.756 bits per heavy atom. The molecule has 0 amide bonds. The Labute approximate surface area is 505 Å². The second-order valence-corrected chi connectivity index (χ2v) is 21.1. The van der Waals surface area contributed by atoms with E-state index in [1.54, 1.807) is 0 Å². The summed E-state index contributed by atoms with van der Waals surface area (Å²) in [7, 11) is 0. The highest BCUT2D eigenvalue weighted by atomic mass is 16.6. The second kappa shape index (κ2) is 70.0. The monoisotopic (exact) mass is 1120 g/mol. The Kier molecular flexibility index (Phi) is 65.5. The fourth-order valence-electron chi connectivity index (χ4n) is 8.53. The van der Waals surface area contributed by atoms with Gasteiger partial charge in [0.05, 0.1) is 6.61 Å². The van der Waals surface area contributed by atoms with Gasteiger partial charge in [0.15, 0.2) is 6.10 Å². The summed E-state index contributed by atoms with van der Waals surface area (Å²) in [5.74, 6) is -0.651. The van der Waals surface area contributed by atoms with Crippen LogP contribution in [0, 0.1) is 0 Å². The van der Waals surface area contributed by atoms with Crippen molar-refractivity contribution in [1.82, 2.24) is 0 Å². The highest BCUT2D eigenvalue weighted by Gasteiger charge is 2.16. The molecule has 0 fully saturated rings. The zero-order valence-corrected chi connectivity index (χ0v) is 52.4. The van der Waals surface area contributed by atoms with Gasteiger partial charge in [0, 0.05) is 12.8 Å². The van der Waals surface area contributed by atoms with Gasteiger partial charge in [-0.3, -0.25) is 9.59 Å². The van der Waals surface area contributed by atoms with Crippen LogP contribution in [0.25, 0.3) is 0 Å². The van der Waals surface area contributed by atoms with E-state index in [1.165, 1.54) is 89.9 Å². The van der Waals surface area contributed by atoms with E-state index in [4.69, 9.17) is 9.47 Å². The van der Waals surface area contributed by atoms with Gasteiger partial charge in [-0.25, -0.2) is 0 Å². The standard InChI is InChI=1S/C77H120O5/c1-3-5-7-9-11-13-15-17-19-21-23-25-27-29-31-33-34-35-36-37-38-39-40-41-42-44-46-48-50-52-54-56-58-60-62-64-66-68-70-72-77(80)82-75(73-78)74-81-76(79)71-69-67-65-63-61-59-57-55-53-51-49-47-45-43-32-30-28-26-24-22-20-18-16-14-12-10-8-6-4-2/h5-8,11-14,17-20,23-26,29,31,34-35,37-38,40-41,44,46,50,52,56,58,62,64,75,78H,3-4,9-10,15-16,21-22,27-28,30,32-33,36,39,42-43,45,47-49,51,53-55,57,59-61,63,65-74H2,1-2H3/b7-5-,8-6-,13-11-,14-12-,19-17-,20-18-,25-23-,26-24-,31-29-,35-34-,38-37-,41-40-,46-44-,52-50-,58-56-,64-62-. The lowest BCUT2D eigenvalue weighted by Gasteiger charge is -2.15. The molecule has 0 aliphatic carbocycles. The fourth-order valence-corrected chi connectivity index (χ4v) is 8.53. The van der Waals surface area contributed by atoms with Crippen molar-refractivity contribution in [2.24, 2.45) is 0 Å². The van der Waals surface area contributed by atoms with Gasteiger partial charge in [-0.15, -0.1) is 0 Å². The highest BCUT2D eigenvalue weighted by Crippen LogP contribution is 2.15. The van der Waals surface area contributed by atoms with Crippen LogP contribution in [0.15, 0.2) is 194 Å². The first-order valence-electron chi connectivity index (χ1n) is 33.0. The minimum absolute atomic E-state index is 0.0947. The summed E-state index contributed by atoms with van der Waals surface area (Å²) >= 11 is 0. The first-order chi connectivity index (χ1) is 40.6. The number of carbonyl (C=O) groups is 2. The molecule has 0 saturated carbocycles. The van der Waals surface area contributed by atoms with Gasteiger partial charge >= 0.3 is 11.9 Å². The van der Waals surface area contributed by atoms with E-state index in [2.05, 4.69) is 208 Å². The van der Waals surface area contributed by atoms with Crippen molar-refractivity contribution in [2.45, 2.75) is 264 Å². The van der Waals surface area contributed by atoms with Gasteiger partial charge in [-0.05, 0) is 141 Å². The molecule has 0 aliphatic heterocycles. The number of allylic oxidation sites excluding steroid dienone is 32. The van der Waals surface area contributed by atoms with Crippen LogP contribution < -0.4 is 0 Å². The molecule has 1 unspecified atom stereocenters. The topological polar surface area (TPSA) is 72.8 Å². The largest absolute Gasteiger partial charge is 0.462 e. The Morgan fingerprint density at radius 1 is 0.280 bits per heavy atom. The van der Waals surface area contributed by atoms with Crippen LogP contribution in [-0.2, 0) is 19.1 Å². The molecule has 1 atom stereocenters. The maximum atomic E-state index is 12.3. The van der Waals surface area contributed by atoms with Gasteiger partial charge in [0.1, 0.15) is 6.61 Å². The van der Waals surface area contributed by atoms with Gasteiger partial charge in [0.25, 0.3) is 0 Å². The summed E-state index contributed by atoms with van der Waals surface area (Å²) in [6.45, 7) is 3.88. The van der Waals surface area contributed by atoms with Crippen LogP contribution >= 0.6 is 0 Å². The van der Waals surface area contributed by atoms with E-state index < -0.39 is 6.10 Å². The molecule has 0 aromatic heterocycles. The van der Waals surface area contributed by atoms with Crippen molar-refractivity contribution < 1.29 is 24.2 Å². The summed E-state index contributed by atoms with van der Waals surface area (Å²) in [5.41, 5.74) is 0. The number of ether oxygens (including phenoxy) is 2. The third-order valence-electron chi connectivity index (χ3n) is 13.4. The van der Waals surface area contributed by atoms with E-state index in [-0.39, 0.29) is 31.6 Å². The number of carbonyl (C=O) groups excluding carboxylic acids is 2. The molecule has 0 aromatic carbocycles. The zero-order chi connectivity index (χ0) is 59.1. The molecular formula is C77H120O5. The van der Waals surface area contributed by atoms with E-state index >= 15 is 0 Å². The molecular weight excluding hydrogens is 1000 g/mol. The molecule has 1 N–H and O–H groups in total. The quantitative estimate of drug-likeness (QED) is 0.0373. The molecule has 0 heterocycles. The molecule has 5 heteroatoms. The van der Waals surface area contributed by atoms with Gasteiger partial charge < -0.3 is 14.6 Å². The lowest BCUT2D eigenvalue weighted by atomic mass is 10.0. The van der Waals surface area contributed by atoms with Crippen LogP contribution in [0.5, 0.6) is 0 Å². The molecule has 0 bridgehead atoms. The Morgan fingerprint density at radius 2 is 0.488 bits per heavy atom. The van der Waals surface area contributed by atoms with Crippen molar-refractivity contribution in [2.75, 3.05) is 13.2 Å². The predicted molar refractivity (Wildman–Crippen MR) is 361 cm³/mol. The Balaban J connectivity index is 3.65. The minimum Gasteiger partial charge on any atom is -0.462 e. The number of hydrogen-bond donors (Lipinski definition) is 1. The van der Waals surface area contributed by atoms with Gasteiger partial charge in [-0.1, -0.05) is 298 Å². The first kappa shape index (κ1) is 76.7. The normalized spacial score (nSPS) is 13.5. The van der Waals surface area contributed by atoms with Crippen LogP contribution in [0.1, 0.15) is 258 Å². The third-order valence-corrected chi connectivity index (χ3v) is 13.4. The van der Waals surface area contributed by atoms with E-state index in [0.29, 0.717) is 12.8 Å². The summed E-state index contributed by atoms with van der Waals surface area (Å²) in [6.07, 6.45) is 111. The van der Waals surface area contributed by atoms with Gasteiger partial charge in [-0.2, -0.15) is 0 Å². The van der Waals surface area contributed by atoms with Crippen LogP contribution in [0.3, 0.4) is 0 Å². The molecule has 5 nitrogen and oxygen atoms in total. The molecule has 0 radical (unpaired) electrons. The van der Waals surface area contributed by atoms with Crippen molar-refractivity contribution >= 4 is 11.9 Å². The fraction of sp³-hybridized carbons (Fsp3) is 0.558. The number of rotatable bonds is 58. The average molecular weight is 1130 g/mol. The first-order valence-corrected chi connectivity index (χ1v) is 33.0. The summed E-state index contributed by atoms with van der Waals surface area (Å²) in [5, 5.41) is 9.68. The molecule has 0 aliphatic rings. The van der Waals surface area contributed by atoms with Crippen molar-refractivity contribution in [3.8, 4) is 0 Å². The molecule has 0 aromatic rings. The molecule has 0 rings (SSSR count). The van der Waals surface area contributed by atoms with Crippen LogP contribution in [0.4, 0.5) is 0 Å². The van der Waals surface area contributed by atoms with Crippen molar-refractivity contribution in [3.05, 3.63) is 194 Å². The highest BCUT2D eigenvalue weighted by molar-refractivity contribution is 5.70. The van der Waals surface area contributed by atoms with Crippen molar-refractivity contribution in [3.63, 3.8) is 0 Å². The lowest BCUT2D eigenvalue weighted by molar-refractivity contribution is -0.161. The Hall–Kier alpha value is -5.26. The summed E-state index contributed by atoms with van der Waals surface area (Å²) in [4.78, 5) is 24.6. The number of hydrogen-bond acceptors (Lipinski definition) is 5. The van der Waals surface area contributed by atoms with Gasteiger partial charge in [0.2, 0.25) is 0 Å². The smallest absolute Gasteiger partial charge is 0.306 e. The molecule has 82 heavy (non-hydrogen) atoms. The van der Waals surface area contributed by atoms with Crippen LogP contribution in [-0.4, -0.2) is 36.4 Å². The predicted octanol–water partition coefficient (Wildman–Crippen LogP) is 23.2. The SMILES string of the molecule is CC/C=C\C/C=C\C/C=C\C/C=C\C/C=C\C/C=C\C/C=C\C/C=C\C/C=C\C/C=C\C/C=C\C/C=C\CCCCC(=O)OC(CO)COC(=O)CCCCCCCCCCCCCCCCCC/C=C\C/C=C\C/C=C\C/C=C\CC. The summed E-state index contributed by atoms with van der Waals surface area (Å²) in [6, 6.07) is 0.